The van der Waals surface area contributed by atoms with Crippen LogP contribution in [-0.2, 0) is 74.8 Å². The molecule has 26 atom stereocenters. The molecule has 0 amide bonds. The molecule has 6 aromatic rings. The molecule has 0 saturated carbocycles. The Bertz CT molecular complexity index is 3220. The zero-order chi connectivity index (χ0) is 66.0. The van der Waals surface area contributed by atoms with E-state index in [0.717, 1.165) is 30.7 Å². The number of aliphatic hydroxyl groups is 4. The summed E-state index contributed by atoms with van der Waals surface area (Å²) >= 11 is 5.89. The van der Waals surface area contributed by atoms with Crippen molar-refractivity contribution in [3.8, 4) is 0 Å². The third-order valence-electron chi connectivity index (χ3n) is 18.3. The fourth-order valence-corrected chi connectivity index (χ4v) is 17.9. The van der Waals surface area contributed by atoms with Gasteiger partial charge in [0.25, 0.3) is 0 Å². The van der Waals surface area contributed by atoms with Crippen LogP contribution < -0.4 is 0 Å². The predicted octanol–water partition coefficient (Wildman–Crippen LogP) is 11.8. The molecule has 512 valence electrons. The zero-order valence-corrected chi connectivity index (χ0v) is 57.6. The van der Waals surface area contributed by atoms with E-state index in [0.29, 0.717) is 32.3 Å². The van der Waals surface area contributed by atoms with Crippen LogP contribution in [0.25, 0.3) is 0 Å². The Morgan fingerprint density at radius 1 is 0.326 bits per heavy atom. The first-order valence-electron chi connectivity index (χ1n) is 33.3. The third kappa shape index (κ3) is 18.2. The number of ether oxygens (including phenoxy) is 13. The van der Waals surface area contributed by atoms with Crippen molar-refractivity contribution in [3.63, 3.8) is 0 Å². The molecule has 6 fully saturated rings. The van der Waals surface area contributed by atoms with Gasteiger partial charge >= 0.3 is 0 Å². The van der Waals surface area contributed by atoms with Crippen LogP contribution >= 0.6 is 47.0 Å². The van der Waals surface area contributed by atoms with E-state index in [1.54, 1.807) is 18.7 Å². The second kappa shape index (κ2) is 33.9. The summed E-state index contributed by atoms with van der Waals surface area (Å²) in [6, 6.07) is 59.5. The Balaban J connectivity index is 0.781. The molecule has 0 radical (unpaired) electrons. The van der Waals surface area contributed by atoms with Crippen LogP contribution in [0.4, 0.5) is 0 Å². The van der Waals surface area contributed by atoms with Gasteiger partial charge in [0.1, 0.15) is 36.6 Å². The second-order valence-corrected chi connectivity index (χ2v) is 30.3. The highest BCUT2D eigenvalue weighted by Crippen LogP contribution is 2.46. The Labute approximate surface area is 575 Å². The van der Waals surface area contributed by atoms with Gasteiger partial charge in [-0.15, -0.1) is 47.0 Å². The van der Waals surface area contributed by atoms with E-state index >= 15 is 0 Å². The van der Waals surface area contributed by atoms with Gasteiger partial charge in [-0.2, -0.15) is 0 Å². The molecular weight excluding hydrogens is 1290 g/mol. The van der Waals surface area contributed by atoms with Gasteiger partial charge in [-0.1, -0.05) is 133 Å². The maximum atomic E-state index is 13.0. The molecule has 21 heteroatoms. The lowest BCUT2D eigenvalue weighted by molar-refractivity contribution is -0.340. The molecule has 0 spiro atoms. The van der Waals surface area contributed by atoms with Crippen molar-refractivity contribution in [2.75, 3.05) is 0 Å². The summed E-state index contributed by atoms with van der Waals surface area (Å²) < 4.78 is 89.5. The first-order chi connectivity index (χ1) is 46.2. The minimum Gasteiger partial charge on any atom is -0.390 e. The molecule has 0 aromatic heterocycles. The van der Waals surface area contributed by atoms with Crippen molar-refractivity contribution in [1.82, 2.24) is 0 Å². The van der Waals surface area contributed by atoms with Crippen LogP contribution in [0.3, 0.4) is 0 Å². The predicted molar refractivity (Wildman–Crippen MR) is 363 cm³/mol. The summed E-state index contributed by atoms with van der Waals surface area (Å²) in [6.45, 7) is 12.0. The van der Waals surface area contributed by atoms with E-state index in [4.69, 9.17) is 61.6 Å². The number of hydrogen-bond donors (Lipinski definition) is 4. The lowest BCUT2D eigenvalue weighted by Crippen LogP contribution is -2.63. The highest BCUT2D eigenvalue weighted by Gasteiger charge is 2.56. The van der Waals surface area contributed by atoms with E-state index in [1.807, 2.05) is 217 Å². The molecule has 6 aromatic carbocycles. The summed E-state index contributed by atoms with van der Waals surface area (Å²) in [7, 11) is 0. The normalized spacial score (nSPS) is 37.7. The molecule has 6 aliphatic rings. The molecule has 12 rings (SSSR count). The molecule has 17 nitrogen and oxygen atoms in total. The van der Waals surface area contributed by atoms with Crippen molar-refractivity contribution in [3.05, 3.63) is 193 Å². The quantitative estimate of drug-likeness (QED) is 0.0445. The minimum atomic E-state index is -1.25. The first-order valence-corrected chi connectivity index (χ1v) is 36.8. The number of rotatable bonds is 24. The lowest BCUT2D eigenvalue weighted by Gasteiger charge is -2.50. The number of aliphatic hydroxyl groups excluding tert-OH is 4. The van der Waals surface area contributed by atoms with Crippen LogP contribution in [0.2, 0.25) is 0 Å². The summed E-state index contributed by atoms with van der Waals surface area (Å²) in [5, 5.41) is 44.5. The Morgan fingerprint density at radius 3 is 1.09 bits per heavy atom. The maximum absolute atomic E-state index is 13.0. The minimum absolute atomic E-state index is 0.286. The van der Waals surface area contributed by atoms with Gasteiger partial charge in [0.15, 0.2) is 37.7 Å². The molecule has 0 aliphatic carbocycles. The van der Waals surface area contributed by atoms with Crippen molar-refractivity contribution in [2.24, 2.45) is 0 Å². The standard InChI is InChI=1S/C74H90O17S4/c1-43-55(75)37-39-57(81-43)88-65-63(79-41-49-25-13-7-14-26-49)47(5)86-74(69(65)94-53-33-21-11-22-34-53)91-62-46(4)84-72(68(60(62)77)93-52-31-19-10-20-32-52)87-56-38-40-58(82-44(56)2)89-66-64(80-42-50-27-15-8-16-28-50)48(6)85-73(70(66)95-54-35-23-12-24-36-54)90-61-45(3)83-71(78)67(59(61)76)92-51-29-17-9-18-30-51/h7-36,43-48,55-78H,37-42H2,1-6H3/t43-,44-,45+,46+,47+,48+,55-,56-,57-,58-,59-,60-,61+,62+,63+,64+,65-,66-,67+,68+,69+,70+,71+,72-,73-,74-/m0/s1. The Hall–Kier alpha value is -3.96. The highest BCUT2D eigenvalue weighted by molar-refractivity contribution is 8.00. The number of thioether (sulfide) groups is 4. The fourth-order valence-electron chi connectivity index (χ4n) is 13.2. The van der Waals surface area contributed by atoms with Gasteiger partial charge in [0, 0.05) is 32.4 Å². The van der Waals surface area contributed by atoms with E-state index < -0.39 is 156 Å². The summed E-state index contributed by atoms with van der Waals surface area (Å²) in [4.78, 5) is 3.68. The van der Waals surface area contributed by atoms with Crippen LogP contribution in [0.15, 0.2) is 202 Å². The number of hydrogen-bond acceptors (Lipinski definition) is 21. The van der Waals surface area contributed by atoms with Crippen LogP contribution in [-0.4, -0.2) is 177 Å². The molecule has 6 saturated heterocycles. The largest absolute Gasteiger partial charge is 0.390 e. The molecular formula is C74H90O17S4. The van der Waals surface area contributed by atoms with Gasteiger partial charge in [0.05, 0.1) is 95.3 Å². The molecule has 95 heavy (non-hydrogen) atoms. The SMILES string of the molecule is C[C@@H]1O[C@@H](O[C@H]2[C@H](OCc3ccccc3)[C@@H](C)O[C@@H](O[C@H]3[C@H](O)[C@@H](Sc4ccccc4)[C@H](O)O[C@@H]3C)[C@@H]2Sc2ccccc2)CC[C@@H]1O[C@@H]1O[C@H](C)[C@@H](O[C@@H]2O[C@H](C)[C@@H](OCc3ccccc3)[C@H](O[C@H]3CC[C@H](O)[C@H](C)O3)[C@H]2Sc2ccccc2)[C@H](O)[C@H]1Sc1ccccc1. The summed E-state index contributed by atoms with van der Waals surface area (Å²) in [6.07, 6.45) is -14.6. The Kier molecular flexibility index (Phi) is 25.3. The van der Waals surface area contributed by atoms with Crippen molar-refractivity contribution >= 4 is 47.0 Å². The monoisotopic (exact) mass is 1380 g/mol. The van der Waals surface area contributed by atoms with Gasteiger partial charge in [0.2, 0.25) is 0 Å². The third-order valence-corrected chi connectivity index (χ3v) is 23.6. The number of benzene rings is 6. The molecule has 0 bridgehead atoms. The van der Waals surface area contributed by atoms with Gasteiger partial charge < -0.3 is 82.0 Å². The van der Waals surface area contributed by atoms with Crippen molar-refractivity contribution in [1.29, 1.82) is 0 Å². The summed E-state index contributed by atoms with van der Waals surface area (Å²) in [5.74, 6) is 0. The highest BCUT2D eigenvalue weighted by atomic mass is 32.2. The molecule has 6 aliphatic heterocycles. The van der Waals surface area contributed by atoms with Crippen LogP contribution in [0, 0.1) is 0 Å². The van der Waals surface area contributed by atoms with E-state index in [-0.39, 0.29) is 6.61 Å². The smallest absolute Gasteiger partial charge is 0.173 e. The van der Waals surface area contributed by atoms with Gasteiger partial charge in [-0.05, 0) is 114 Å². The van der Waals surface area contributed by atoms with E-state index in [2.05, 4.69) is 0 Å². The first kappa shape index (κ1) is 70.9. The lowest BCUT2D eigenvalue weighted by atomic mass is 9.98. The average molecular weight is 1380 g/mol. The average Bonchev–Trinajstić information content (AvgIpc) is 0.795. The van der Waals surface area contributed by atoms with Gasteiger partial charge in [-0.25, -0.2) is 0 Å². The molecule has 6 heterocycles. The van der Waals surface area contributed by atoms with Crippen molar-refractivity contribution in [2.45, 2.75) is 256 Å². The zero-order valence-electron chi connectivity index (χ0n) is 54.3. The maximum Gasteiger partial charge on any atom is 0.173 e. The second-order valence-electron chi connectivity index (χ2n) is 25.3. The van der Waals surface area contributed by atoms with E-state index in [1.165, 1.54) is 35.3 Å². The Morgan fingerprint density at radius 2 is 0.674 bits per heavy atom. The van der Waals surface area contributed by atoms with Crippen LogP contribution in [0.1, 0.15) is 78.4 Å². The summed E-state index contributed by atoms with van der Waals surface area (Å²) in [5.41, 5.74) is 1.98. The molecule has 0 unspecified atom stereocenters. The molecule has 4 N–H and O–H groups in total. The van der Waals surface area contributed by atoms with Gasteiger partial charge in [-0.3, -0.25) is 0 Å². The topological polar surface area (TPSA) is 201 Å². The fraction of sp³-hybridized carbons (Fsp3) is 0.514. The van der Waals surface area contributed by atoms with E-state index in [9.17, 15) is 20.4 Å². The van der Waals surface area contributed by atoms with Crippen molar-refractivity contribution < 1.29 is 82.0 Å². The van der Waals surface area contributed by atoms with Crippen LogP contribution in [0.5, 0.6) is 0 Å².